The lowest BCUT2D eigenvalue weighted by Gasteiger charge is -2.08. The first-order valence-corrected chi connectivity index (χ1v) is 8.86. The predicted octanol–water partition coefficient (Wildman–Crippen LogP) is 4.15. The highest BCUT2D eigenvalue weighted by atomic mass is 16.6. The van der Waals surface area contributed by atoms with Gasteiger partial charge in [-0.05, 0) is 30.7 Å². The van der Waals surface area contributed by atoms with Crippen LogP contribution < -0.4 is 4.74 Å². The van der Waals surface area contributed by atoms with E-state index in [2.05, 4.69) is 30.8 Å². The molecule has 2 aromatic carbocycles. The van der Waals surface area contributed by atoms with Gasteiger partial charge in [-0.3, -0.25) is 0 Å². The zero-order valence-electron chi connectivity index (χ0n) is 15.7. The quantitative estimate of drug-likeness (QED) is 0.345. The van der Waals surface area contributed by atoms with Crippen molar-refractivity contribution in [3.8, 4) is 5.75 Å². The number of ether oxygens (including phenoxy) is 1. The molecule has 0 saturated heterocycles. The normalized spacial score (nSPS) is 11.0. The van der Waals surface area contributed by atoms with Crippen LogP contribution in [0.2, 0.25) is 0 Å². The van der Waals surface area contributed by atoms with Crippen molar-refractivity contribution >= 4 is 23.1 Å². The smallest absolute Gasteiger partial charge is 0.344 e. The fraction of sp³-hybridized carbons (Fsp3) is 0.182. The maximum atomic E-state index is 10.5. The number of nitrogens with zero attached hydrogens (tertiary/aromatic N) is 2. The summed E-state index contributed by atoms with van der Waals surface area (Å²) in [5, 5.41) is 13.3. The minimum Gasteiger partial charge on any atom is -0.489 e. The zero-order chi connectivity index (χ0) is 19.9. The van der Waals surface area contributed by atoms with E-state index in [4.69, 9.17) is 14.7 Å². The highest BCUT2D eigenvalue weighted by Gasteiger charge is 2.09. The van der Waals surface area contributed by atoms with E-state index in [9.17, 15) is 4.79 Å². The third-order valence-corrected chi connectivity index (χ3v) is 4.15. The molecule has 1 heterocycles. The standard InChI is InChI=1S/C22H22N2O4/c1-3-9-24-13-18(12-23-28-15-22(25)26)20-11-19(7-8-21(20)24)27-14-17-6-4-5-16(2)10-17/h3-8,10-13H,1,9,14-15H2,2H3,(H,25,26). The number of benzene rings is 2. The van der Waals surface area contributed by atoms with Crippen molar-refractivity contribution in [2.75, 3.05) is 6.61 Å². The van der Waals surface area contributed by atoms with Crippen LogP contribution in [0.3, 0.4) is 0 Å². The molecule has 0 bridgehead atoms. The summed E-state index contributed by atoms with van der Waals surface area (Å²) in [7, 11) is 0. The molecule has 0 aliphatic heterocycles. The summed E-state index contributed by atoms with van der Waals surface area (Å²) in [6.45, 7) is 6.48. The van der Waals surface area contributed by atoms with Crippen molar-refractivity contribution in [2.45, 2.75) is 20.1 Å². The van der Waals surface area contributed by atoms with Crippen LogP contribution in [-0.4, -0.2) is 28.5 Å². The Morgan fingerprint density at radius 1 is 1.29 bits per heavy atom. The fourth-order valence-electron chi connectivity index (χ4n) is 2.94. The predicted molar refractivity (Wildman–Crippen MR) is 109 cm³/mol. The second kappa shape index (κ2) is 8.90. The van der Waals surface area contributed by atoms with Crippen molar-refractivity contribution in [3.05, 3.63) is 78.0 Å². The number of aromatic nitrogens is 1. The topological polar surface area (TPSA) is 73.1 Å². The molecule has 3 rings (SSSR count). The number of oxime groups is 1. The number of rotatable bonds is 9. The van der Waals surface area contributed by atoms with Crippen LogP contribution in [0.1, 0.15) is 16.7 Å². The average Bonchev–Trinajstić information content (AvgIpc) is 3.01. The molecule has 0 aliphatic rings. The van der Waals surface area contributed by atoms with Crippen molar-refractivity contribution < 1.29 is 19.5 Å². The van der Waals surface area contributed by atoms with E-state index in [0.717, 1.165) is 27.8 Å². The van der Waals surface area contributed by atoms with Gasteiger partial charge in [-0.25, -0.2) is 4.79 Å². The second-order valence-corrected chi connectivity index (χ2v) is 6.38. The van der Waals surface area contributed by atoms with Crippen molar-refractivity contribution in [1.82, 2.24) is 4.57 Å². The highest BCUT2D eigenvalue weighted by Crippen LogP contribution is 2.26. The van der Waals surface area contributed by atoms with Gasteiger partial charge in [0.2, 0.25) is 6.61 Å². The van der Waals surface area contributed by atoms with Crippen LogP contribution in [0.4, 0.5) is 0 Å². The molecule has 0 atom stereocenters. The van der Waals surface area contributed by atoms with Gasteiger partial charge in [-0.2, -0.15) is 0 Å². The molecular weight excluding hydrogens is 356 g/mol. The van der Waals surface area contributed by atoms with E-state index in [1.165, 1.54) is 11.8 Å². The summed E-state index contributed by atoms with van der Waals surface area (Å²) in [5.41, 5.74) is 4.11. The first kappa shape index (κ1) is 19.2. The van der Waals surface area contributed by atoms with E-state index in [0.29, 0.717) is 13.2 Å². The van der Waals surface area contributed by atoms with Crippen LogP contribution in [0.15, 0.2) is 66.5 Å². The van der Waals surface area contributed by atoms with Gasteiger partial charge in [0, 0.05) is 29.2 Å². The molecule has 0 spiro atoms. The van der Waals surface area contributed by atoms with Gasteiger partial charge in [-0.1, -0.05) is 41.1 Å². The van der Waals surface area contributed by atoms with Crippen LogP contribution in [-0.2, 0) is 22.8 Å². The molecule has 144 valence electrons. The number of aryl methyl sites for hydroxylation is 1. The van der Waals surface area contributed by atoms with Gasteiger partial charge < -0.3 is 19.2 Å². The summed E-state index contributed by atoms with van der Waals surface area (Å²) >= 11 is 0. The molecule has 1 aromatic heterocycles. The summed E-state index contributed by atoms with van der Waals surface area (Å²) in [6, 6.07) is 14.1. The minimum atomic E-state index is -1.07. The SMILES string of the molecule is C=CCn1cc(C=NOCC(=O)O)c2cc(OCc3cccc(C)c3)ccc21. The molecule has 0 amide bonds. The lowest BCUT2D eigenvalue weighted by atomic mass is 10.1. The molecule has 0 radical (unpaired) electrons. The number of carboxylic acid groups (broad SMARTS) is 1. The zero-order valence-corrected chi connectivity index (χ0v) is 15.7. The molecule has 0 fully saturated rings. The molecule has 6 heteroatoms. The Morgan fingerprint density at radius 3 is 2.89 bits per heavy atom. The lowest BCUT2D eigenvalue weighted by molar-refractivity contribution is -0.142. The van der Waals surface area contributed by atoms with Crippen LogP contribution in [0.25, 0.3) is 10.9 Å². The Hall–Kier alpha value is -3.54. The van der Waals surface area contributed by atoms with Gasteiger partial charge in [-0.15, -0.1) is 6.58 Å². The molecule has 0 saturated carbocycles. The molecule has 1 N–H and O–H groups in total. The number of aliphatic carboxylic acids is 1. The summed E-state index contributed by atoms with van der Waals surface area (Å²) in [6.07, 6.45) is 5.24. The second-order valence-electron chi connectivity index (χ2n) is 6.38. The summed E-state index contributed by atoms with van der Waals surface area (Å²) in [5.74, 6) is -0.329. The van der Waals surface area contributed by atoms with E-state index in [-0.39, 0.29) is 0 Å². The van der Waals surface area contributed by atoms with Gasteiger partial charge in [0.25, 0.3) is 0 Å². The number of allylic oxidation sites excluding steroid dienone is 1. The maximum Gasteiger partial charge on any atom is 0.344 e. The van der Waals surface area contributed by atoms with Gasteiger partial charge >= 0.3 is 5.97 Å². The number of hydrogen-bond acceptors (Lipinski definition) is 4. The Morgan fingerprint density at radius 2 is 2.14 bits per heavy atom. The Bertz CT molecular complexity index is 1020. The largest absolute Gasteiger partial charge is 0.489 e. The molecular formula is C22H22N2O4. The van der Waals surface area contributed by atoms with E-state index in [1.54, 1.807) is 0 Å². The van der Waals surface area contributed by atoms with Gasteiger partial charge in [0.05, 0.1) is 6.21 Å². The molecule has 3 aromatic rings. The summed E-state index contributed by atoms with van der Waals surface area (Å²) in [4.78, 5) is 15.3. The van der Waals surface area contributed by atoms with Crippen molar-refractivity contribution in [2.24, 2.45) is 5.16 Å². The Kier molecular flexibility index (Phi) is 6.11. The monoisotopic (exact) mass is 378 g/mol. The van der Waals surface area contributed by atoms with Crippen molar-refractivity contribution in [1.29, 1.82) is 0 Å². The fourth-order valence-corrected chi connectivity index (χ4v) is 2.94. The van der Waals surface area contributed by atoms with Gasteiger partial charge in [0.15, 0.2) is 0 Å². The van der Waals surface area contributed by atoms with E-state index < -0.39 is 12.6 Å². The number of fused-ring (bicyclic) bond motifs is 1. The summed E-state index contributed by atoms with van der Waals surface area (Å²) < 4.78 is 7.99. The molecule has 28 heavy (non-hydrogen) atoms. The maximum absolute atomic E-state index is 10.5. The van der Waals surface area contributed by atoms with Gasteiger partial charge in [0.1, 0.15) is 12.4 Å². The first-order valence-electron chi connectivity index (χ1n) is 8.86. The van der Waals surface area contributed by atoms with Crippen LogP contribution in [0.5, 0.6) is 5.75 Å². The van der Waals surface area contributed by atoms with E-state index >= 15 is 0 Å². The third-order valence-electron chi connectivity index (χ3n) is 4.15. The molecule has 0 unspecified atom stereocenters. The Balaban J connectivity index is 1.84. The first-order chi connectivity index (χ1) is 13.6. The van der Waals surface area contributed by atoms with Crippen LogP contribution >= 0.6 is 0 Å². The highest BCUT2D eigenvalue weighted by molar-refractivity contribution is 6.00. The number of hydrogen-bond donors (Lipinski definition) is 1. The average molecular weight is 378 g/mol. The Labute approximate surface area is 163 Å². The minimum absolute atomic E-state index is 0.478. The van der Waals surface area contributed by atoms with Crippen molar-refractivity contribution in [3.63, 3.8) is 0 Å². The molecule has 6 nitrogen and oxygen atoms in total. The van der Waals surface area contributed by atoms with Crippen LogP contribution in [0, 0.1) is 6.92 Å². The number of carboxylic acids is 1. The van der Waals surface area contributed by atoms with E-state index in [1.807, 2.05) is 47.2 Å². The lowest BCUT2D eigenvalue weighted by Crippen LogP contribution is -2.03. The third kappa shape index (κ3) is 4.79. The molecule has 0 aliphatic carbocycles. The number of carbonyl (C=O) groups is 1.